The number of hydrogen-bond donors (Lipinski definition) is 0. The van der Waals surface area contributed by atoms with Gasteiger partial charge in [-0.3, -0.25) is 0 Å². The molecule has 4 nitrogen and oxygen atoms in total. The molecule has 0 aliphatic heterocycles. The van der Waals surface area contributed by atoms with Crippen LogP contribution in [-0.4, -0.2) is 38.2 Å². The quantitative estimate of drug-likeness (QED) is 0.849. The van der Waals surface area contributed by atoms with Gasteiger partial charge in [0.1, 0.15) is 5.82 Å². The molecule has 1 atom stereocenters. The van der Waals surface area contributed by atoms with Crippen molar-refractivity contribution in [2.45, 2.75) is 6.04 Å². The molecule has 0 heterocycles. The second kappa shape index (κ2) is 6.56. The maximum absolute atomic E-state index is 13.2. The van der Waals surface area contributed by atoms with Crippen molar-refractivity contribution in [1.29, 1.82) is 0 Å². The second-order valence-electron chi connectivity index (χ2n) is 5.17. The molecule has 0 bridgehead atoms. The molecule has 0 radical (unpaired) electrons. The zero-order valence-corrected chi connectivity index (χ0v) is 13.6. The average Bonchev–Trinajstić information content (AvgIpc) is 2.50. The summed E-state index contributed by atoms with van der Waals surface area (Å²) in [4.78, 5) is 0. The molecule has 0 saturated heterocycles. The van der Waals surface area contributed by atoms with Crippen LogP contribution in [0.1, 0.15) is 17.2 Å². The van der Waals surface area contributed by atoms with Gasteiger partial charge < -0.3 is 0 Å². The van der Waals surface area contributed by atoms with Gasteiger partial charge in [-0.1, -0.05) is 42.5 Å². The van der Waals surface area contributed by atoms with Crippen LogP contribution in [0.15, 0.2) is 54.6 Å². The van der Waals surface area contributed by atoms with Crippen LogP contribution in [0, 0.1) is 5.82 Å². The first kappa shape index (κ1) is 16.6. The first-order valence-electron chi connectivity index (χ1n) is 6.80. The number of rotatable bonds is 5. The minimum absolute atomic E-state index is 0.353. The zero-order valence-electron chi connectivity index (χ0n) is 12.8. The summed E-state index contributed by atoms with van der Waals surface area (Å²) in [6.45, 7) is 0. The third kappa shape index (κ3) is 3.35. The largest absolute Gasteiger partial charge is 0.282 e. The molecule has 22 heavy (non-hydrogen) atoms. The number of nitrogens with zero attached hydrogens (tertiary/aromatic N) is 2. The Morgan fingerprint density at radius 3 is 1.86 bits per heavy atom. The first-order valence-corrected chi connectivity index (χ1v) is 8.19. The highest BCUT2D eigenvalue weighted by molar-refractivity contribution is 7.86. The molecule has 0 saturated carbocycles. The van der Waals surface area contributed by atoms with Gasteiger partial charge in [0.15, 0.2) is 0 Å². The van der Waals surface area contributed by atoms with Gasteiger partial charge in [0.2, 0.25) is 0 Å². The highest BCUT2D eigenvalue weighted by atomic mass is 32.2. The highest BCUT2D eigenvalue weighted by Gasteiger charge is 2.30. The molecule has 2 aromatic carbocycles. The Labute approximate surface area is 131 Å². The summed E-state index contributed by atoms with van der Waals surface area (Å²) in [5, 5.41) is 0. The highest BCUT2D eigenvalue weighted by Crippen LogP contribution is 2.30. The van der Waals surface area contributed by atoms with Crippen LogP contribution in [-0.2, 0) is 10.2 Å². The fourth-order valence-electron chi connectivity index (χ4n) is 2.28. The van der Waals surface area contributed by atoms with Crippen molar-refractivity contribution in [2.24, 2.45) is 0 Å². The lowest BCUT2D eigenvalue weighted by Gasteiger charge is -2.30. The molecular weight excluding hydrogens is 303 g/mol. The van der Waals surface area contributed by atoms with Crippen LogP contribution in [0.5, 0.6) is 0 Å². The van der Waals surface area contributed by atoms with E-state index in [9.17, 15) is 12.8 Å². The molecule has 0 aliphatic carbocycles. The van der Waals surface area contributed by atoms with Crippen molar-refractivity contribution in [2.75, 3.05) is 21.1 Å². The third-order valence-corrected chi connectivity index (χ3v) is 5.35. The van der Waals surface area contributed by atoms with E-state index in [1.165, 1.54) is 37.6 Å². The molecule has 0 N–H and O–H groups in total. The SMILES string of the molecule is CN(C)S(=O)(=O)N(C)[C@@H](c1ccccc1)c1ccc(F)cc1. The smallest absolute Gasteiger partial charge is 0.207 e. The van der Waals surface area contributed by atoms with Crippen LogP contribution in [0.3, 0.4) is 0 Å². The second-order valence-corrected chi connectivity index (χ2v) is 7.37. The fraction of sp³-hybridized carbons (Fsp3) is 0.250. The van der Waals surface area contributed by atoms with E-state index in [-0.39, 0.29) is 5.82 Å². The van der Waals surface area contributed by atoms with Crippen LogP contribution in [0.25, 0.3) is 0 Å². The van der Waals surface area contributed by atoms with E-state index >= 15 is 0 Å². The van der Waals surface area contributed by atoms with E-state index < -0.39 is 16.3 Å². The topological polar surface area (TPSA) is 40.6 Å². The van der Waals surface area contributed by atoms with Gasteiger partial charge in [-0.15, -0.1) is 0 Å². The van der Waals surface area contributed by atoms with E-state index in [1.54, 1.807) is 12.1 Å². The van der Waals surface area contributed by atoms with Crippen molar-refractivity contribution in [3.8, 4) is 0 Å². The lowest BCUT2D eigenvalue weighted by atomic mass is 9.99. The van der Waals surface area contributed by atoms with E-state index in [4.69, 9.17) is 0 Å². The van der Waals surface area contributed by atoms with Crippen molar-refractivity contribution >= 4 is 10.2 Å². The van der Waals surface area contributed by atoms with Crippen molar-refractivity contribution in [3.05, 3.63) is 71.5 Å². The molecule has 2 rings (SSSR count). The normalized spacial score (nSPS) is 13.5. The average molecular weight is 322 g/mol. The Kier molecular flexibility index (Phi) is 4.95. The minimum Gasteiger partial charge on any atom is -0.207 e. The van der Waals surface area contributed by atoms with E-state index in [1.807, 2.05) is 30.3 Å². The maximum Gasteiger partial charge on any atom is 0.282 e. The van der Waals surface area contributed by atoms with Gasteiger partial charge in [0.25, 0.3) is 10.2 Å². The number of hydrogen-bond acceptors (Lipinski definition) is 2. The Bertz CT molecular complexity index is 716. The van der Waals surface area contributed by atoms with Gasteiger partial charge in [-0.05, 0) is 23.3 Å². The van der Waals surface area contributed by atoms with E-state index in [2.05, 4.69) is 0 Å². The van der Waals surface area contributed by atoms with Crippen LogP contribution in [0.4, 0.5) is 4.39 Å². The van der Waals surface area contributed by atoms with Crippen LogP contribution >= 0.6 is 0 Å². The molecule has 0 fully saturated rings. The summed E-state index contributed by atoms with van der Waals surface area (Å²) in [6, 6.07) is 14.6. The summed E-state index contributed by atoms with van der Waals surface area (Å²) in [5.74, 6) is -0.353. The lowest BCUT2D eigenvalue weighted by molar-refractivity contribution is 0.379. The summed E-state index contributed by atoms with van der Waals surface area (Å²) in [5.41, 5.74) is 1.53. The molecular formula is C16H19FN2O2S. The minimum atomic E-state index is -3.61. The van der Waals surface area contributed by atoms with Crippen molar-refractivity contribution in [1.82, 2.24) is 8.61 Å². The molecule has 0 aliphatic rings. The first-order chi connectivity index (χ1) is 10.3. The summed E-state index contributed by atoms with van der Waals surface area (Å²) in [6.07, 6.45) is 0. The van der Waals surface area contributed by atoms with E-state index in [0.29, 0.717) is 5.56 Å². The Morgan fingerprint density at radius 1 is 0.864 bits per heavy atom. The van der Waals surface area contributed by atoms with Gasteiger partial charge in [-0.25, -0.2) is 4.39 Å². The molecule has 0 aromatic heterocycles. The van der Waals surface area contributed by atoms with Gasteiger partial charge in [0, 0.05) is 21.1 Å². The zero-order chi connectivity index (χ0) is 16.3. The molecule has 118 valence electrons. The fourth-order valence-corrected chi connectivity index (χ4v) is 3.31. The standard InChI is InChI=1S/C16H19FN2O2S/c1-18(2)22(20,21)19(3)16(13-7-5-4-6-8-13)14-9-11-15(17)12-10-14/h4-12,16H,1-3H3/t16-/m0/s1. The van der Waals surface area contributed by atoms with Crippen molar-refractivity contribution < 1.29 is 12.8 Å². The van der Waals surface area contributed by atoms with Crippen LogP contribution < -0.4 is 0 Å². The van der Waals surface area contributed by atoms with Gasteiger partial charge in [0.05, 0.1) is 6.04 Å². The molecule has 6 heteroatoms. The maximum atomic E-state index is 13.2. The summed E-state index contributed by atoms with van der Waals surface area (Å²) < 4.78 is 40.5. The number of halogens is 1. The summed E-state index contributed by atoms with van der Waals surface area (Å²) >= 11 is 0. The molecule has 0 unspecified atom stereocenters. The Hall–Kier alpha value is -1.76. The molecule has 0 spiro atoms. The predicted molar refractivity (Wildman–Crippen MR) is 85.1 cm³/mol. The van der Waals surface area contributed by atoms with E-state index in [0.717, 1.165) is 9.87 Å². The van der Waals surface area contributed by atoms with Gasteiger partial charge in [-0.2, -0.15) is 17.0 Å². The summed E-state index contributed by atoms with van der Waals surface area (Å²) in [7, 11) is 0.884. The lowest BCUT2D eigenvalue weighted by Crippen LogP contribution is -2.40. The predicted octanol–water partition coefficient (Wildman–Crippen LogP) is 2.65. The van der Waals surface area contributed by atoms with Crippen LogP contribution in [0.2, 0.25) is 0 Å². The third-order valence-electron chi connectivity index (χ3n) is 3.49. The Morgan fingerprint density at radius 2 is 1.36 bits per heavy atom. The molecule has 2 aromatic rings. The van der Waals surface area contributed by atoms with Gasteiger partial charge >= 0.3 is 0 Å². The molecule has 0 amide bonds. The van der Waals surface area contributed by atoms with Crippen molar-refractivity contribution in [3.63, 3.8) is 0 Å². The number of benzene rings is 2. The monoisotopic (exact) mass is 322 g/mol. The Balaban J connectivity index is 2.54.